The molecule has 0 saturated carbocycles. The number of nitrogens with zero attached hydrogens (tertiary/aromatic N) is 2. The Bertz CT molecular complexity index is 382. The lowest BCUT2D eigenvalue weighted by atomic mass is 9.90. The summed E-state index contributed by atoms with van der Waals surface area (Å²) in [5.74, 6) is 6.62. The van der Waals surface area contributed by atoms with Crippen molar-refractivity contribution in [2.75, 3.05) is 36.7 Å². The molecule has 0 unspecified atom stereocenters. The highest BCUT2D eigenvalue weighted by atomic mass is 16.5. The fourth-order valence-corrected chi connectivity index (χ4v) is 1.43. The number of ether oxygens (including phenoxy) is 1. The molecule has 0 fully saturated rings. The van der Waals surface area contributed by atoms with Gasteiger partial charge in [0.2, 0.25) is 5.95 Å². The summed E-state index contributed by atoms with van der Waals surface area (Å²) in [6, 6.07) is 1.71. The van der Waals surface area contributed by atoms with E-state index >= 15 is 0 Å². The van der Waals surface area contributed by atoms with Crippen LogP contribution in [0.4, 0.5) is 17.6 Å². The summed E-state index contributed by atoms with van der Waals surface area (Å²) in [7, 11) is 1.70. The molecule has 0 aliphatic carbocycles. The van der Waals surface area contributed by atoms with E-state index in [2.05, 4.69) is 34.6 Å². The van der Waals surface area contributed by atoms with E-state index in [0.717, 1.165) is 19.6 Å². The van der Waals surface area contributed by atoms with Gasteiger partial charge >= 0.3 is 0 Å². The lowest BCUT2D eigenvalue weighted by molar-refractivity contribution is 0.157. The van der Waals surface area contributed by atoms with Gasteiger partial charge in [0, 0.05) is 26.3 Å². The van der Waals surface area contributed by atoms with Crippen LogP contribution in [0.2, 0.25) is 0 Å². The summed E-state index contributed by atoms with van der Waals surface area (Å²) in [6.45, 7) is 5.81. The maximum atomic E-state index is 5.58. The van der Waals surface area contributed by atoms with Crippen LogP contribution in [0.5, 0.6) is 0 Å². The van der Waals surface area contributed by atoms with E-state index in [1.807, 2.05) is 0 Å². The smallest absolute Gasteiger partial charge is 0.223 e. The number of aromatic nitrogens is 2. The Morgan fingerprint density at radius 1 is 1.33 bits per heavy atom. The summed E-state index contributed by atoms with van der Waals surface area (Å²) < 4.78 is 5.09. The molecule has 0 aliphatic rings. The van der Waals surface area contributed by atoms with Crippen LogP contribution in [0.3, 0.4) is 0 Å². The third-order valence-corrected chi connectivity index (χ3v) is 2.62. The maximum Gasteiger partial charge on any atom is 0.223 e. The van der Waals surface area contributed by atoms with Gasteiger partial charge in [-0.15, -0.1) is 0 Å². The molecule has 0 radical (unpaired) electrons. The zero-order valence-corrected chi connectivity index (χ0v) is 11.2. The zero-order valence-electron chi connectivity index (χ0n) is 11.2. The molecule has 0 amide bonds. The van der Waals surface area contributed by atoms with Gasteiger partial charge in [-0.2, -0.15) is 9.97 Å². The van der Waals surface area contributed by atoms with Gasteiger partial charge in [-0.05, 0) is 11.8 Å². The molecular formula is C11H22N6O. The molecule has 0 aliphatic heterocycles. The van der Waals surface area contributed by atoms with E-state index in [9.17, 15) is 0 Å². The van der Waals surface area contributed by atoms with E-state index in [-0.39, 0.29) is 11.4 Å². The third-order valence-electron chi connectivity index (χ3n) is 2.62. The number of rotatable bonds is 7. The molecule has 6 N–H and O–H groups in total. The maximum absolute atomic E-state index is 5.58. The standard InChI is InChI=1S/C11H22N6O/c1-11(2,4-5-18-3)7-14-8-6-9(17-13)16-10(12)15-8/h6H,4-5,7,13H2,1-3H3,(H4,12,14,15,16,17). The lowest BCUT2D eigenvalue weighted by Crippen LogP contribution is -2.25. The minimum absolute atomic E-state index is 0.103. The normalized spacial score (nSPS) is 11.3. The van der Waals surface area contributed by atoms with Gasteiger partial charge in [0.25, 0.3) is 0 Å². The van der Waals surface area contributed by atoms with Crippen molar-refractivity contribution in [3.8, 4) is 0 Å². The summed E-state index contributed by atoms with van der Waals surface area (Å²) >= 11 is 0. The number of hydrogen-bond acceptors (Lipinski definition) is 7. The van der Waals surface area contributed by atoms with Crippen LogP contribution in [-0.2, 0) is 4.74 Å². The van der Waals surface area contributed by atoms with Crippen molar-refractivity contribution >= 4 is 17.6 Å². The number of hydrazine groups is 1. The Balaban J connectivity index is 2.59. The highest BCUT2D eigenvalue weighted by molar-refractivity contribution is 5.50. The average molecular weight is 254 g/mol. The van der Waals surface area contributed by atoms with Crippen molar-refractivity contribution in [3.05, 3.63) is 6.07 Å². The molecule has 7 nitrogen and oxygen atoms in total. The van der Waals surface area contributed by atoms with Gasteiger partial charge in [0.05, 0.1) is 0 Å². The van der Waals surface area contributed by atoms with Gasteiger partial charge in [-0.25, -0.2) is 5.84 Å². The minimum Gasteiger partial charge on any atom is -0.385 e. The quantitative estimate of drug-likeness (QED) is 0.421. The predicted octanol–water partition coefficient (Wildman–Crippen LogP) is 0.819. The van der Waals surface area contributed by atoms with Crippen molar-refractivity contribution in [1.29, 1.82) is 0 Å². The van der Waals surface area contributed by atoms with Gasteiger partial charge in [0.1, 0.15) is 11.6 Å². The number of nitrogens with one attached hydrogen (secondary N) is 2. The van der Waals surface area contributed by atoms with Crippen LogP contribution in [0.1, 0.15) is 20.3 Å². The monoisotopic (exact) mass is 254 g/mol. The number of nitrogens with two attached hydrogens (primary N) is 2. The minimum atomic E-state index is 0.103. The molecule has 1 rings (SSSR count). The highest BCUT2D eigenvalue weighted by Gasteiger charge is 2.17. The predicted molar refractivity (Wildman–Crippen MR) is 73.0 cm³/mol. The Morgan fingerprint density at radius 2 is 2.00 bits per heavy atom. The van der Waals surface area contributed by atoms with Crippen molar-refractivity contribution in [2.24, 2.45) is 11.3 Å². The molecule has 1 aromatic heterocycles. The van der Waals surface area contributed by atoms with Crippen molar-refractivity contribution in [3.63, 3.8) is 0 Å². The molecule has 7 heteroatoms. The van der Waals surface area contributed by atoms with E-state index in [0.29, 0.717) is 11.6 Å². The van der Waals surface area contributed by atoms with Gasteiger partial charge in [-0.3, -0.25) is 0 Å². The summed E-state index contributed by atoms with van der Waals surface area (Å²) in [5, 5.41) is 3.23. The summed E-state index contributed by atoms with van der Waals surface area (Å²) in [4.78, 5) is 8.01. The zero-order chi connectivity index (χ0) is 13.6. The fourth-order valence-electron chi connectivity index (χ4n) is 1.43. The van der Waals surface area contributed by atoms with Crippen molar-refractivity contribution < 1.29 is 4.74 Å². The first-order valence-electron chi connectivity index (χ1n) is 5.81. The Hall–Kier alpha value is -1.60. The van der Waals surface area contributed by atoms with Crippen LogP contribution < -0.4 is 22.3 Å². The van der Waals surface area contributed by atoms with Gasteiger partial charge in [0.15, 0.2) is 0 Å². The number of nitrogen functional groups attached to an aromatic ring is 2. The third kappa shape index (κ3) is 4.72. The lowest BCUT2D eigenvalue weighted by Gasteiger charge is -2.24. The van der Waals surface area contributed by atoms with E-state index < -0.39 is 0 Å². The van der Waals surface area contributed by atoms with Crippen LogP contribution >= 0.6 is 0 Å². The Kier molecular flexibility index (Phi) is 5.11. The van der Waals surface area contributed by atoms with Crippen molar-refractivity contribution in [2.45, 2.75) is 20.3 Å². The van der Waals surface area contributed by atoms with E-state index in [4.69, 9.17) is 16.3 Å². The van der Waals surface area contributed by atoms with Gasteiger partial charge in [-0.1, -0.05) is 13.8 Å². The first-order chi connectivity index (χ1) is 8.46. The molecule has 0 saturated heterocycles. The SMILES string of the molecule is COCCC(C)(C)CNc1cc(NN)nc(N)n1. The van der Waals surface area contributed by atoms with Crippen LogP contribution in [-0.4, -0.2) is 30.2 Å². The van der Waals surface area contributed by atoms with Crippen molar-refractivity contribution in [1.82, 2.24) is 9.97 Å². The summed E-state index contributed by atoms with van der Waals surface area (Å²) in [6.07, 6.45) is 0.957. The van der Waals surface area contributed by atoms with E-state index in [1.54, 1.807) is 13.2 Å². The molecule has 18 heavy (non-hydrogen) atoms. The largest absolute Gasteiger partial charge is 0.385 e. The highest BCUT2D eigenvalue weighted by Crippen LogP contribution is 2.21. The molecule has 0 spiro atoms. The molecule has 1 aromatic rings. The second-order valence-electron chi connectivity index (χ2n) is 4.90. The fraction of sp³-hybridized carbons (Fsp3) is 0.636. The number of methoxy groups -OCH3 is 1. The number of hydrogen-bond donors (Lipinski definition) is 4. The molecule has 0 bridgehead atoms. The second kappa shape index (κ2) is 6.36. The van der Waals surface area contributed by atoms with Crippen LogP contribution in [0.15, 0.2) is 6.07 Å². The van der Waals surface area contributed by atoms with Crippen LogP contribution in [0.25, 0.3) is 0 Å². The summed E-state index contributed by atoms with van der Waals surface area (Å²) in [5.41, 5.74) is 8.13. The topological polar surface area (TPSA) is 111 Å². The first-order valence-corrected chi connectivity index (χ1v) is 5.81. The first kappa shape index (κ1) is 14.5. The Labute approximate surface area is 107 Å². The van der Waals surface area contributed by atoms with Gasteiger partial charge < -0.3 is 21.2 Å². The van der Waals surface area contributed by atoms with Crippen LogP contribution in [0, 0.1) is 5.41 Å². The average Bonchev–Trinajstić information content (AvgIpc) is 2.33. The van der Waals surface area contributed by atoms with E-state index in [1.165, 1.54) is 0 Å². The molecule has 1 heterocycles. The molecular weight excluding hydrogens is 232 g/mol. The molecule has 102 valence electrons. The molecule has 0 aromatic carbocycles. The molecule has 0 atom stereocenters. The second-order valence-corrected chi connectivity index (χ2v) is 4.90. The number of anilines is 3. The Morgan fingerprint density at radius 3 is 2.61 bits per heavy atom.